The zero-order chi connectivity index (χ0) is 10.2. The number of sulfone groups is 1. The van der Waals surface area contributed by atoms with Crippen molar-refractivity contribution in [1.82, 2.24) is 0 Å². The smallest absolute Gasteiger partial charge is 0.180 e. The minimum atomic E-state index is -3.22. The number of phenols is 1. The van der Waals surface area contributed by atoms with E-state index in [9.17, 15) is 13.5 Å². The van der Waals surface area contributed by atoms with Gasteiger partial charge in [0.15, 0.2) is 9.84 Å². The molecule has 0 unspecified atom stereocenters. The topological polar surface area (TPSA) is 66.4 Å². The summed E-state index contributed by atoms with van der Waals surface area (Å²) in [6.45, 7) is 0.650. The van der Waals surface area contributed by atoms with Gasteiger partial charge >= 0.3 is 0 Å². The van der Waals surface area contributed by atoms with Gasteiger partial charge in [-0.15, -0.1) is 0 Å². The molecule has 1 aliphatic rings. The molecule has 0 bridgehead atoms. The summed E-state index contributed by atoms with van der Waals surface area (Å²) in [4.78, 5) is 0.204. The summed E-state index contributed by atoms with van der Waals surface area (Å²) in [7, 11) is -3.22. The van der Waals surface area contributed by atoms with Crippen LogP contribution in [0, 0.1) is 0 Å². The molecular weight excluding hydrogens is 202 g/mol. The largest absolute Gasteiger partial charge is 0.508 e. The van der Waals surface area contributed by atoms with Gasteiger partial charge in [-0.25, -0.2) is 8.42 Å². The highest BCUT2D eigenvalue weighted by Crippen LogP contribution is 2.28. The van der Waals surface area contributed by atoms with Gasteiger partial charge in [0, 0.05) is 12.6 Å². The number of fused-ring (bicyclic) bond motifs is 1. The third-order valence-electron chi connectivity index (χ3n) is 2.21. The minimum Gasteiger partial charge on any atom is -0.508 e. The first-order chi connectivity index (χ1) is 6.59. The summed E-state index contributed by atoms with van der Waals surface area (Å²) in [5.74, 6) is 0.118. The van der Waals surface area contributed by atoms with Crippen molar-refractivity contribution in [1.29, 1.82) is 0 Å². The van der Waals surface area contributed by atoms with E-state index in [1.54, 1.807) is 6.07 Å². The highest BCUT2D eigenvalue weighted by molar-refractivity contribution is 7.91. The molecule has 4 nitrogen and oxygen atoms in total. The molecule has 0 radical (unpaired) electrons. The zero-order valence-electron chi connectivity index (χ0n) is 7.53. The number of aromatic hydroxyl groups is 1. The van der Waals surface area contributed by atoms with Crippen molar-refractivity contribution in [2.75, 3.05) is 17.6 Å². The van der Waals surface area contributed by atoms with Crippen LogP contribution in [0.4, 0.5) is 5.69 Å². The molecule has 5 heteroatoms. The van der Waals surface area contributed by atoms with E-state index >= 15 is 0 Å². The molecule has 2 N–H and O–H groups in total. The van der Waals surface area contributed by atoms with Crippen molar-refractivity contribution in [3.8, 4) is 5.75 Å². The van der Waals surface area contributed by atoms with Crippen LogP contribution in [0.15, 0.2) is 23.1 Å². The summed E-state index contributed by atoms with van der Waals surface area (Å²) >= 11 is 0. The lowest BCUT2D eigenvalue weighted by atomic mass is 10.3. The molecule has 0 aliphatic carbocycles. The number of hydrogen-bond donors (Lipinski definition) is 2. The van der Waals surface area contributed by atoms with E-state index in [0.29, 0.717) is 18.7 Å². The fourth-order valence-corrected chi connectivity index (χ4v) is 3.03. The predicted octanol–water partition coefficient (Wildman–Crippen LogP) is 0.982. The Morgan fingerprint density at radius 3 is 2.93 bits per heavy atom. The maximum atomic E-state index is 11.7. The van der Waals surface area contributed by atoms with E-state index in [0.717, 1.165) is 0 Å². The molecule has 2 rings (SSSR count). The molecule has 0 amide bonds. The van der Waals surface area contributed by atoms with E-state index < -0.39 is 9.84 Å². The van der Waals surface area contributed by atoms with E-state index in [1.165, 1.54) is 12.1 Å². The molecule has 0 saturated carbocycles. The second-order valence-electron chi connectivity index (χ2n) is 3.28. The van der Waals surface area contributed by atoms with Gasteiger partial charge in [-0.2, -0.15) is 0 Å². The standard InChI is InChI=1S/C9H11NO3S/c11-7-2-3-8-9(6-7)14(12,13)5-1-4-10-8/h2-3,6,10-11H,1,4-5H2. The second-order valence-corrected chi connectivity index (χ2v) is 5.36. The molecule has 1 aromatic rings. The molecule has 1 heterocycles. The van der Waals surface area contributed by atoms with Crippen LogP contribution < -0.4 is 5.32 Å². The maximum absolute atomic E-state index is 11.7. The van der Waals surface area contributed by atoms with Crippen molar-refractivity contribution in [3.05, 3.63) is 18.2 Å². The third-order valence-corrected chi connectivity index (χ3v) is 4.04. The third kappa shape index (κ3) is 1.55. The molecule has 14 heavy (non-hydrogen) atoms. The van der Waals surface area contributed by atoms with Gasteiger partial charge in [0.25, 0.3) is 0 Å². The summed E-state index contributed by atoms with van der Waals surface area (Å²) in [5, 5.41) is 12.2. The lowest BCUT2D eigenvalue weighted by Crippen LogP contribution is -2.05. The van der Waals surface area contributed by atoms with Crippen LogP contribution in [-0.2, 0) is 9.84 Å². The van der Waals surface area contributed by atoms with Crippen molar-refractivity contribution < 1.29 is 13.5 Å². The van der Waals surface area contributed by atoms with Gasteiger partial charge in [0.05, 0.1) is 16.3 Å². The van der Waals surface area contributed by atoms with E-state index in [2.05, 4.69) is 5.32 Å². The number of rotatable bonds is 0. The van der Waals surface area contributed by atoms with Crippen LogP contribution in [0.1, 0.15) is 6.42 Å². The average molecular weight is 213 g/mol. The number of phenolic OH excluding ortho intramolecular Hbond substituents is 1. The van der Waals surface area contributed by atoms with E-state index in [1.807, 2.05) is 0 Å². The lowest BCUT2D eigenvalue weighted by molar-refractivity contribution is 0.473. The van der Waals surface area contributed by atoms with Gasteiger partial charge in [-0.1, -0.05) is 0 Å². The zero-order valence-corrected chi connectivity index (χ0v) is 8.34. The monoisotopic (exact) mass is 213 g/mol. The van der Waals surface area contributed by atoms with E-state index in [-0.39, 0.29) is 16.4 Å². The Labute approximate surface area is 82.5 Å². The molecule has 0 aromatic heterocycles. The fraction of sp³-hybridized carbons (Fsp3) is 0.333. The van der Waals surface area contributed by atoms with Crippen molar-refractivity contribution in [2.24, 2.45) is 0 Å². The molecule has 0 fully saturated rings. The number of hydrogen-bond acceptors (Lipinski definition) is 4. The highest BCUT2D eigenvalue weighted by Gasteiger charge is 2.21. The first kappa shape index (κ1) is 9.33. The van der Waals surface area contributed by atoms with Gasteiger partial charge < -0.3 is 10.4 Å². The van der Waals surface area contributed by atoms with E-state index in [4.69, 9.17) is 0 Å². The quantitative estimate of drug-likeness (QED) is 0.630. The van der Waals surface area contributed by atoms with Crippen LogP contribution in [0.2, 0.25) is 0 Å². The Morgan fingerprint density at radius 2 is 2.14 bits per heavy atom. The lowest BCUT2D eigenvalue weighted by Gasteiger charge is -2.06. The molecule has 0 saturated heterocycles. The summed E-state index contributed by atoms with van der Waals surface area (Å²) in [6.07, 6.45) is 0.595. The molecule has 1 aliphatic heterocycles. The minimum absolute atomic E-state index is 0.0176. The maximum Gasteiger partial charge on any atom is 0.180 e. The molecule has 0 atom stereocenters. The number of benzene rings is 1. The normalized spacial score (nSPS) is 19.1. The van der Waals surface area contributed by atoms with Crippen LogP contribution in [0.25, 0.3) is 0 Å². The predicted molar refractivity (Wildman–Crippen MR) is 53.3 cm³/mol. The molecule has 76 valence electrons. The second kappa shape index (κ2) is 3.16. The number of anilines is 1. The van der Waals surface area contributed by atoms with Crippen molar-refractivity contribution >= 4 is 15.5 Å². The Kier molecular flexibility index (Phi) is 2.11. The first-order valence-corrected chi connectivity index (χ1v) is 6.04. The average Bonchev–Trinajstić information content (AvgIpc) is 2.26. The summed E-state index contributed by atoms with van der Waals surface area (Å²) < 4.78 is 23.4. The van der Waals surface area contributed by atoms with Crippen LogP contribution in [0.5, 0.6) is 5.75 Å². The highest BCUT2D eigenvalue weighted by atomic mass is 32.2. The van der Waals surface area contributed by atoms with Gasteiger partial charge in [0.1, 0.15) is 5.75 Å². The van der Waals surface area contributed by atoms with Gasteiger partial charge in [0.2, 0.25) is 0 Å². The Balaban J connectivity index is 2.64. The molecule has 0 spiro atoms. The van der Waals surface area contributed by atoms with Crippen LogP contribution in [0.3, 0.4) is 0 Å². The summed E-state index contributed by atoms with van der Waals surface area (Å²) in [6, 6.07) is 4.36. The van der Waals surface area contributed by atoms with Gasteiger partial charge in [-0.05, 0) is 18.6 Å². The summed E-state index contributed by atoms with van der Waals surface area (Å²) in [5.41, 5.74) is 0.584. The Hall–Kier alpha value is -1.23. The molecular formula is C9H11NO3S. The van der Waals surface area contributed by atoms with Gasteiger partial charge in [-0.3, -0.25) is 0 Å². The van der Waals surface area contributed by atoms with Crippen LogP contribution >= 0.6 is 0 Å². The molecule has 1 aromatic carbocycles. The Morgan fingerprint density at radius 1 is 1.36 bits per heavy atom. The SMILES string of the molecule is O=S1(=O)CCCNc2ccc(O)cc21. The number of nitrogens with one attached hydrogen (secondary N) is 1. The Bertz CT molecular complexity index is 453. The van der Waals surface area contributed by atoms with Crippen LogP contribution in [-0.4, -0.2) is 25.8 Å². The van der Waals surface area contributed by atoms with Crippen molar-refractivity contribution in [2.45, 2.75) is 11.3 Å². The first-order valence-electron chi connectivity index (χ1n) is 4.39. The van der Waals surface area contributed by atoms with Crippen molar-refractivity contribution in [3.63, 3.8) is 0 Å². The fourth-order valence-electron chi connectivity index (χ4n) is 1.51.